The number of amides is 2. The number of hydrogen-bond acceptors (Lipinski definition) is 10. The van der Waals surface area contributed by atoms with E-state index in [2.05, 4.69) is 10.3 Å². The molecule has 1 N–H and O–H groups in total. The molecule has 2 aliphatic rings. The summed E-state index contributed by atoms with van der Waals surface area (Å²) in [5.41, 5.74) is 0.769. The van der Waals surface area contributed by atoms with Gasteiger partial charge >= 0.3 is 6.09 Å². The number of benzene rings is 1. The van der Waals surface area contributed by atoms with E-state index in [1.165, 1.54) is 54.1 Å². The van der Waals surface area contributed by atoms with Gasteiger partial charge in [-0.25, -0.2) is 4.79 Å². The van der Waals surface area contributed by atoms with Crippen LogP contribution in [0, 0.1) is 10.1 Å². The number of hydrogen-bond donors (Lipinski definition) is 1. The smallest absolute Gasteiger partial charge is 0.407 e. The Kier molecular flexibility index (Phi) is 6.49. The van der Waals surface area contributed by atoms with Gasteiger partial charge in [-0.05, 0) is 17.7 Å². The van der Waals surface area contributed by atoms with Gasteiger partial charge in [-0.3, -0.25) is 19.7 Å². The Bertz CT molecular complexity index is 1060. The molecule has 0 bridgehead atoms. The number of nitrogens with zero attached hydrogens (tertiary/aromatic N) is 4. The Labute approximate surface area is 192 Å². The average molecular weight is 475 g/mol. The molecule has 3 heterocycles. The van der Waals surface area contributed by atoms with Crippen LogP contribution in [-0.2, 0) is 16.1 Å². The van der Waals surface area contributed by atoms with Crippen LogP contribution in [0.25, 0.3) is 0 Å². The number of oxazole rings is 1. The Morgan fingerprint density at radius 3 is 2.58 bits per heavy atom. The molecule has 174 valence electrons. The second-order valence-corrected chi connectivity index (χ2v) is 9.18. The molecule has 2 fully saturated rings. The first-order chi connectivity index (χ1) is 15.8. The van der Waals surface area contributed by atoms with Crippen molar-refractivity contribution in [3.8, 4) is 0 Å². The highest BCUT2D eigenvalue weighted by Crippen LogP contribution is 2.28. The lowest BCUT2D eigenvalue weighted by atomic mass is 10.1. The fraction of sp³-hybridized carbons (Fsp3) is 0.400. The zero-order valence-electron chi connectivity index (χ0n) is 17.6. The molecule has 4 rings (SSSR count). The summed E-state index contributed by atoms with van der Waals surface area (Å²) < 4.78 is 10.5. The van der Waals surface area contributed by atoms with Crippen LogP contribution >= 0.6 is 11.8 Å². The Hall–Kier alpha value is -3.61. The molecule has 0 aliphatic carbocycles. The van der Waals surface area contributed by atoms with Crippen molar-refractivity contribution in [2.45, 2.75) is 24.8 Å². The number of aromatic nitrogens is 1. The second kappa shape index (κ2) is 9.48. The molecule has 2 saturated heterocycles. The van der Waals surface area contributed by atoms with E-state index in [-0.39, 0.29) is 40.3 Å². The third-order valence-electron chi connectivity index (χ3n) is 5.17. The topological polar surface area (TPSA) is 148 Å². The number of likely N-dealkylation sites (tertiary alicyclic amines) is 1. The van der Waals surface area contributed by atoms with Gasteiger partial charge in [-0.1, -0.05) is 11.8 Å². The molecule has 2 aliphatic heterocycles. The van der Waals surface area contributed by atoms with Crippen LogP contribution in [-0.4, -0.2) is 69.4 Å². The van der Waals surface area contributed by atoms with Crippen LogP contribution in [0.4, 0.5) is 16.5 Å². The van der Waals surface area contributed by atoms with Crippen molar-refractivity contribution < 1.29 is 28.5 Å². The first-order valence-corrected chi connectivity index (χ1v) is 11.0. The lowest BCUT2D eigenvalue weighted by Gasteiger charge is -2.38. The summed E-state index contributed by atoms with van der Waals surface area (Å²) in [7, 11) is 0. The third kappa shape index (κ3) is 5.42. The first-order valence-electron chi connectivity index (χ1n) is 10.1. The molecule has 13 heteroatoms. The maximum Gasteiger partial charge on any atom is 0.407 e. The minimum absolute atomic E-state index is 0.0246. The van der Waals surface area contributed by atoms with Gasteiger partial charge in [0.2, 0.25) is 0 Å². The van der Waals surface area contributed by atoms with Crippen LogP contribution in [0.3, 0.4) is 0 Å². The van der Waals surface area contributed by atoms with E-state index in [1.807, 2.05) is 4.90 Å². The number of non-ortho nitro benzene ring substituents is 1. The molecule has 0 atom stereocenters. The van der Waals surface area contributed by atoms with Gasteiger partial charge in [0.1, 0.15) is 12.9 Å². The normalized spacial score (nSPS) is 16.0. The van der Waals surface area contributed by atoms with E-state index in [0.717, 1.165) is 0 Å². The minimum Gasteiger partial charge on any atom is -0.445 e. The van der Waals surface area contributed by atoms with Gasteiger partial charge in [-0.15, -0.1) is 0 Å². The van der Waals surface area contributed by atoms with E-state index in [9.17, 15) is 24.5 Å². The molecule has 12 nitrogen and oxygen atoms in total. The van der Waals surface area contributed by atoms with E-state index in [1.54, 1.807) is 0 Å². The van der Waals surface area contributed by atoms with Crippen molar-refractivity contribution in [1.82, 2.24) is 15.2 Å². The molecule has 0 spiro atoms. The summed E-state index contributed by atoms with van der Waals surface area (Å²) in [4.78, 5) is 53.4. The zero-order valence-corrected chi connectivity index (χ0v) is 18.4. The van der Waals surface area contributed by atoms with Crippen molar-refractivity contribution in [1.29, 1.82) is 0 Å². The number of nitrogens with one attached hydrogen (secondary N) is 1. The molecule has 2 aromatic rings. The lowest BCUT2D eigenvalue weighted by molar-refractivity contribution is -0.384. The number of nitro groups is 1. The molecule has 0 unspecified atom stereocenters. The molecule has 0 saturated carbocycles. The van der Waals surface area contributed by atoms with Gasteiger partial charge < -0.3 is 24.3 Å². The number of ether oxygens (including phenoxy) is 1. The number of anilines is 1. The number of carbonyl (C=O) groups is 3. The van der Waals surface area contributed by atoms with Gasteiger partial charge in [-0.2, -0.15) is 4.98 Å². The Balaban J connectivity index is 1.17. The van der Waals surface area contributed by atoms with Crippen molar-refractivity contribution in [3.05, 3.63) is 51.9 Å². The summed E-state index contributed by atoms with van der Waals surface area (Å²) in [5.74, 6) is -0.294. The molecular formula is C20H21N5O7S. The van der Waals surface area contributed by atoms with Crippen molar-refractivity contribution in [2.75, 3.05) is 31.1 Å². The van der Waals surface area contributed by atoms with Crippen LogP contribution in [0.15, 0.2) is 34.9 Å². The quantitative estimate of drug-likeness (QED) is 0.464. The number of alkyl carbamates (subject to hydrolysis) is 1. The largest absolute Gasteiger partial charge is 0.445 e. The maximum absolute atomic E-state index is 12.5. The molecule has 1 aromatic carbocycles. The van der Waals surface area contributed by atoms with Gasteiger partial charge in [0.15, 0.2) is 10.8 Å². The molecule has 1 aromatic heterocycles. The van der Waals surface area contributed by atoms with Crippen molar-refractivity contribution in [2.24, 2.45) is 0 Å². The van der Waals surface area contributed by atoms with E-state index in [0.29, 0.717) is 37.8 Å². The Morgan fingerprint density at radius 2 is 1.94 bits per heavy atom. The lowest BCUT2D eigenvalue weighted by Crippen LogP contribution is -2.61. The number of carbonyl (C=O) groups excluding carboxylic acids is 3. The number of thioether (sulfide) groups is 1. The first kappa shape index (κ1) is 22.6. The SMILES string of the molecule is CC(=O)SC1CN(c2nc(C(=O)N3CC(NC(=O)OCc4ccc([N+](=O)[O-])cc4)C3)co2)C1. The summed E-state index contributed by atoms with van der Waals surface area (Å²) in [6.45, 7) is 3.40. The van der Waals surface area contributed by atoms with Gasteiger partial charge in [0.25, 0.3) is 17.6 Å². The molecule has 33 heavy (non-hydrogen) atoms. The fourth-order valence-corrected chi connectivity index (χ4v) is 4.36. The van der Waals surface area contributed by atoms with Crippen LogP contribution in [0.5, 0.6) is 0 Å². The maximum atomic E-state index is 12.5. The summed E-state index contributed by atoms with van der Waals surface area (Å²) in [6.07, 6.45) is 0.674. The third-order valence-corrected chi connectivity index (χ3v) is 6.13. The van der Waals surface area contributed by atoms with Crippen molar-refractivity contribution in [3.63, 3.8) is 0 Å². The zero-order chi connectivity index (χ0) is 23.5. The van der Waals surface area contributed by atoms with E-state index >= 15 is 0 Å². The van der Waals surface area contributed by atoms with Crippen LogP contribution in [0.1, 0.15) is 23.0 Å². The average Bonchev–Trinajstić information content (AvgIpc) is 3.20. The highest BCUT2D eigenvalue weighted by molar-refractivity contribution is 8.14. The monoisotopic (exact) mass is 475 g/mol. The minimum atomic E-state index is -0.634. The number of rotatable bonds is 7. The summed E-state index contributed by atoms with van der Waals surface area (Å²) in [5, 5.41) is 13.6. The fourth-order valence-electron chi connectivity index (χ4n) is 3.38. The molecule has 2 amide bonds. The predicted molar refractivity (Wildman–Crippen MR) is 117 cm³/mol. The molecular weight excluding hydrogens is 454 g/mol. The standard InChI is InChI=1S/C20H21N5O7S/c1-12(26)33-16-8-24(9-16)19-22-17(11-31-19)18(27)23-6-14(7-23)21-20(28)32-10-13-2-4-15(5-3-13)25(29)30/h2-5,11,14,16H,6-10H2,1H3,(H,21,28). The van der Waals surface area contributed by atoms with Gasteiger partial charge in [0.05, 0.1) is 11.0 Å². The second-order valence-electron chi connectivity index (χ2n) is 7.70. The highest BCUT2D eigenvalue weighted by atomic mass is 32.2. The van der Waals surface area contributed by atoms with E-state index in [4.69, 9.17) is 9.15 Å². The Morgan fingerprint density at radius 1 is 1.24 bits per heavy atom. The summed E-state index contributed by atoms with van der Waals surface area (Å²) in [6, 6.07) is 5.82. The summed E-state index contributed by atoms with van der Waals surface area (Å²) >= 11 is 1.28. The number of nitro benzene ring substituents is 1. The highest BCUT2D eigenvalue weighted by Gasteiger charge is 2.36. The van der Waals surface area contributed by atoms with Crippen molar-refractivity contribution >= 4 is 40.6 Å². The van der Waals surface area contributed by atoms with Crippen LogP contribution in [0.2, 0.25) is 0 Å². The van der Waals surface area contributed by atoms with Gasteiger partial charge in [0, 0.05) is 50.5 Å². The van der Waals surface area contributed by atoms with Crippen LogP contribution < -0.4 is 10.2 Å². The molecule has 0 radical (unpaired) electrons. The van der Waals surface area contributed by atoms with E-state index < -0.39 is 11.0 Å². The predicted octanol–water partition coefficient (Wildman–Crippen LogP) is 1.80.